The lowest BCUT2D eigenvalue weighted by Gasteiger charge is -2.09. The summed E-state index contributed by atoms with van der Waals surface area (Å²) in [4.78, 5) is 17.0. The van der Waals surface area contributed by atoms with Gasteiger partial charge in [-0.05, 0) is 30.7 Å². The highest BCUT2D eigenvalue weighted by atomic mass is 35.5. The fourth-order valence-electron chi connectivity index (χ4n) is 2.74. The zero-order valence-electron chi connectivity index (χ0n) is 13.2. The van der Waals surface area contributed by atoms with Gasteiger partial charge in [0.1, 0.15) is 5.75 Å². The number of hydrogen-bond acceptors (Lipinski definition) is 4. The normalized spacial score (nSPS) is 11.1. The van der Waals surface area contributed by atoms with Gasteiger partial charge in [0, 0.05) is 15.8 Å². The number of halogens is 1. The molecule has 0 aliphatic heterocycles. The van der Waals surface area contributed by atoms with Crippen LogP contribution in [0.1, 0.15) is 15.9 Å². The number of phenols is 1. The van der Waals surface area contributed by atoms with Crippen LogP contribution in [0.5, 0.6) is 5.75 Å². The predicted octanol–water partition coefficient (Wildman–Crippen LogP) is 5.37. The van der Waals surface area contributed by atoms with Crippen molar-refractivity contribution < 1.29 is 9.90 Å². The van der Waals surface area contributed by atoms with Gasteiger partial charge in [-0.1, -0.05) is 53.3 Å². The van der Waals surface area contributed by atoms with Crippen molar-refractivity contribution in [2.24, 2.45) is 0 Å². The summed E-state index contributed by atoms with van der Waals surface area (Å²) >= 11 is 7.65. The zero-order valence-corrected chi connectivity index (χ0v) is 14.8. The highest BCUT2D eigenvalue weighted by Crippen LogP contribution is 2.35. The standard InChI is InChI=1S/C19H13ClN2O2S/c1-10-6-7-15-16(8-10)25-19(21-15)22-18(24)13-9-14(20)11-4-2-3-5-12(11)17(13)23/h2-9,23H,1H3,(H,21,22,24). The molecule has 4 nitrogen and oxygen atoms in total. The first-order chi connectivity index (χ1) is 12.0. The third-order valence-corrected chi connectivity index (χ3v) is 5.22. The Morgan fingerprint density at radius 3 is 2.72 bits per heavy atom. The van der Waals surface area contributed by atoms with Crippen LogP contribution in [-0.4, -0.2) is 16.0 Å². The second-order valence-corrected chi connectivity index (χ2v) is 7.18. The lowest BCUT2D eigenvalue weighted by molar-refractivity contribution is 0.102. The predicted molar refractivity (Wildman–Crippen MR) is 103 cm³/mol. The number of nitrogens with zero attached hydrogens (tertiary/aromatic N) is 1. The third kappa shape index (κ3) is 2.81. The molecule has 6 heteroatoms. The first-order valence-electron chi connectivity index (χ1n) is 7.61. The Bertz CT molecular complexity index is 1140. The summed E-state index contributed by atoms with van der Waals surface area (Å²) < 4.78 is 0.996. The van der Waals surface area contributed by atoms with Crippen LogP contribution in [0.2, 0.25) is 5.02 Å². The van der Waals surface area contributed by atoms with E-state index in [4.69, 9.17) is 11.6 Å². The lowest BCUT2D eigenvalue weighted by atomic mass is 10.0. The number of aromatic nitrogens is 1. The number of fused-ring (bicyclic) bond motifs is 2. The number of aromatic hydroxyl groups is 1. The van der Waals surface area contributed by atoms with Crippen molar-refractivity contribution in [2.75, 3.05) is 5.32 Å². The van der Waals surface area contributed by atoms with Gasteiger partial charge in [0.2, 0.25) is 0 Å². The van der Waals surface area contributed by atoms with Crippen LogP contribution in [0, 0.1) is 6.92 Å². The van der Waals surface area contributed by atoms with Crippen molar-refractivity contribution in [1.82, 2.24) is 4.98 Å². The second kappa shape index (κ2) is 6.02. The molecule has 0 unspecified atom stereocenters. The van der Waals surface area contributed by atoms with Crippen molar-refractivity contribution in [2.45, 2.75) is 6.92 Å². The largest absolute Gasteiger partial charge is 0.506 e. The van der Waals surface area contributed by atoms with Gasteiger partial charge in [-0.15, -0.1) is 0 Å². The number of benzene rings is 3. The van der Waals surface area contributed by atoms with Crippen molar-refractivity contribution >= 4 is 55.0 Å². The van der Waals surface area contributed by atoms with Gasteiger partial charge in [-0.3, -0.25) is 10.1 Å². The number of rotatable bonds is 2. The molecule has 0 fully saturated rings. The molecular weight excluding hydrogens is 356 g/mol. The summed E-state index contributed by atoms with van der Waals surface area (Å²) in [6, 6.07) is 14.5. The smallest absolute Gasteiger partial charge is 0.261 e. The summed E-state index contributed by atoms with van der Waals surface area (Å²) in [7, 11) is 0. The second-order valence-electron chi connectivity index (χ2n) is 5.74. The lowest BCUT2D eigenvalue weighted by Crippen LogP contribution is -2.12. The van der Waals surface area contributed by atoms with Crippen LogP contribution in [0.4, 0.5) is 5.13 Å². The molecule has 0 saturated heterocycles. The van der Waals surface area contributed by atoms with Gasteiger partial charge in [-0.2, -0.15) is 0 Å². The summed E-state index contributed by atoms with van der Waals surface area (Å²) in [5.41, 5.74) is 2.08. The molecule has 2 N–H and O–H groups in total. The maximum Gasteiger partial charge on any atom is 0.261 e. The van der Waals surface area contributed by atoms with E-state index in [1.165, 1.54) is 17.4 Å². The molecule has 4 rings (SSSR count). The number of thiazole rings is 1. The van der Waals surface area contributed by atoms with E-state index >= 15 is 0 Å². The monoisotopic (exact) mass is 368 g/mol. The van der Waals surface area contributed by atoms with E-state index in [0.29, 0.717) is 20.9 Å². The molecule has 1 heterocycles. The SMILES string of the molecule is Cc1ccc2nc(NC(=O)c3cc(Cl)c4ccccc4c3O)sc2c1. The van der Waals surface area contributed by atoms with E-state index in [1.54, 1.807) is 18.2 Å². The number of carbonyl (C=O) groups is 1. The van der Waals surface area contributed by atoms with Crippen molar-refractivity contribution in [1.29, 1.82) is 0 Å². The van der Waals surface area contributed by atoms with Crippen LogP contribution in [-0.2, 0) is 0 Å². The number of hydrogen-bond donors (Lipinski definition) is 2. The fraction of sp³-hybridized carbons (Fsp3) is 0.0526. The average molecular weight is 369 g/mol. The Kier molecular flexibility index (Phi) is 3.82. The van der Waals surface area contributed by atoms with Gasteiger partial charge in [0.05, 0.1) is 15.8 Å². The number of phenolic OH excluding ortho intramolecular Hbond substituents is 1. The Hall–Kier alpha value is -2.63. The molecule has 25 heavy (non-hydrogen) atoms. The number of anilines is 1. The summed E-state index contributed by atoms with van der Waals surface area (Å²) in [6.07, 6.45) is 0. The molecule has 1 aromatic heterocycles. The molecule has 0 saturated carbocycles. The molecule has 4 aromatic rings. The van der Waals surface area contributed by atoms with E-state index in [9.17, 15) is 9.90 Å². The Morgan fingerprint density at radius 1 is 1.16 bits per heavy atom. The fourth-order valence-corrected chi connectivity index (χ4v) is 3.97. The van der Waals surface area contributed by atoms with Gasteiger partial charge >= 0.3 is 0 Å². The average Bonchev–Trinajstić information content (AvgIpc) is 2.99. The maximum absolute atomic E-state index is 12.6. The molecule has 0 spiro atoms. The highest BCUT2D eigenvalue weighted by Gasteiger charge is 2.18. The number of amides is 1. The van der Waals surface area contributed by atoms with Gasteiger partial charge in [0.15, 0.2) is 5.13 Å². The van der Waals surface area contributed by atoms with Crippen LogP contribution in [0.3, 0.4) is 0 Å². The summed E-state index contributed by atoms with van der Waals surface area (Å²) in [6.45, 7) is 2.01. The number of nitrogens with one attached hydrogen (secondary N) is 1. The Labute approximate surface area is 152 Å². The first-order valence-corrected chi connectivity index (χ1v) is 8.81. The molecule has 0 aliphatic rings. The van der Waals surface area contributed by atoms with Crippen LogP contribution >= 0.6 is 22.9 Å². The van der Waals surface area contributed by atoms with E-state index in [0.717, 1.165) is 15.8 Å². The molecule has 0 atom stereocenters. The van der Waals surface area contributed by atoms with Gasteiger partial charge in [-0.25, -0.2) is 4.98 Å². The Morgan fingerprint density at radius 2 is 1.92 bits per heavy atom. The molecule has 3 aromatic carbocycles. The quantitative estimate of drug-likeness (QED) is 0.500. The van der Waals surface area contributed by atoms with Crippen molar-refractivity contribution in [3.05, 3.63) is 64.7 Å². The van der Waals surface area contributed by atoms with Crippen LogP contribution in [0.15, 0.2) is 48.5 Å². The first kappa shape index (κ1) is 15.9. The minimum atomic E-state index is -0.444. The molecule has 0 aliphatic carbocycles. The minimum Gasteiger partial charge on any atom is -0.506 e. The molecular formula is C19H13ClN2O2S. The molecule has 1 amide bonds. The molecule has 0 bridgehead atoms. The van der Waals surface area contributed by atoms with Gasteiger partial charge < -0.3 is 5.11 Å². The number of carbonyl (C=O) groups excluding carboxylic acids is 1. The van der Waals surface area contributed by atoms with E-state index in [1.807, 2.05) is 31.2 Å². The Balaban J connectivity index is 1.73. The summed E-state index contributed by atoms with van der Waals surface area (Å²) in [5.74, 6) is -0.532. The maximum atomic E-state index is 12.6. The van der Waals surface area contributed by atoms with Crippen LogP contribution in [0.25, 0.3) is 21.0 Å². The summed E-state index contributed by atoms with van der Waals surface area (Å²) in [5, 5.41) is 15.4. The number of aryl methyl sites for hydroxylation is 1. The highest BCUT2D eigenvalue weighted by molar-refractivity contribution is 7.22. The molecule has 0 radical (unpaired) electrons. The van der Waals surface area contributed by atoms with E-state index in [2.05, 4.69) is 10.3 Å². The molecule has 124 valence electrons. The van der Waals surface area contributed by atoms with Crippen LogP contribution < -0.4 is 5.32 Å². The third-order valence-electron chi connectivity index (χ3n) is 3.97. The van der Waals surface area contributed by atoms with Crippen molar-refractivity contribution in [3.63, 3.8) is 0 Å². The van der Waals surface area contributed by atoms with E-state index < -0.39 is 5.91 Å². The van der Waals surface area contributed by atoms with Crippen molar-refractivity contribution in [3.8, 4) is 5.75 Å². The van der Waals surface area contributed by atoms with Gasteiger partial charge in [0.25, 0.3) is 5.91 Å². The zero-order chi connectivity index (χ0) is 17.6. The van der Waals surface area contributed by atoms with E-state index in [-0.39, 0.29) is 11.3 Å². The minimum absolute atomic E-state index is 0.0885. The topological polar surface area (TPSA) is 62.2 Å².